The van der Waals surface area contributed by atoms with Crippen molar-refractivity contribution in [1.82, 2.24) is 9.24 Å². The first-order valence-electron chi connectivity index (χ1n) is 10.6. The zero-order valence-electron chi connectivity index (χ0n) is 17.8. The normalized spacial score (nSPS) is 22.6. The van der Waals surface area contributed by atoms with Gasteiger partial charge < -0.3 is 25.9 Å². The molecule has 2 aromatic rings. The van der Waals surface area contributed by atoms with Crippen molar-refractivity contribution in [2.24, 2.45) is 17.6 Å². The van der Waals surface area contributed by atoms with Crippen LogP contribution in [0.4, 0.5) is 5.69 Å². The van der Waals surface area contributed by atoms with Crippen molar-refractivity contribution in [3.8, 4) is 5.75 Å². The summed E-state index contributed by atoms with van der Waals surface area (Å²) in [4.78, 5) is 27.7. The molecular weight excluding hydrogens is 386 g/mol. The van der Waals surface area contributed by atoms with Crippen LogP contribution in [0.15, 0.2) is 21.7 Å². The maximum absolute atomic E-state index is 12.8. The van der Waals surface area contributed by atoms with Crippen molar-refractivity contribution in [3.05, 3.63) is 33.0 Å². The minimum Gasteiger partial charge on any atom is -0.492 e. The summed E-state index contributed by atoms with van der Waals surface area (Å²) < 4.78 is 13.6. The summed E-state index contributed by atoms with van der Waals surface area (Å²) in [6, 6.07) is 3.62. The van der Waals surface area contributed by atoms with Gasteiger partial charge in [0.05, 0.1) is 24.8 Å². The van der Waals surface area contributed by atoms with E-state index in [0.29, 0.717) is 40.5 Å². The number of hydrogen-bond acceptors (Lipinski definition) is 7. The lowest BCUT2D eigenvalue weighted by molar-refractivity contribution is 0.113. The first-order chi connectivity index (χ1) is 14.4. The predicted octanol–water partition coefficient (Wildman–Crippen LogP) is 0.657. The van der Waals surface area contributed by atoms with Crippen LogP contribution < -0.4 is 32.5 Å². The Labute approximate surface area is 175 Å². The van der Waals surface area contributed by atoms with Crippen LogP contribution >= 0.6 is 0 Å². The number of anilines is 1. The van der Waals surface area contributed by atoms with E-state index in [4.69, 9.17) is 21.1 Å². The third-order valence-electron chi connectivity index (χ3n) is 6.40. The fourth-order valence-corrected chi connectivity index (χ4v) is 4.65. The highest BCUT2D eigenvalue weighted by molar-refractivity contribution is 5.90. The number of ether oxygens (including phenoxy) is 2. The largest absolute Gasteiger partial charge is 0.492 e. The highest BCUT2D eigenvalue weighted by atomic mass is 16.5. The number of rotatable bonds is 7. The van der Waals surface area contributed by atoms with Crippen molar-refractivity contribution in [2.45, 2.75) is 38.8 Å². The van der Waals surface area contributed by atoms with E-state index in [9.17, 15) is 9.59 Å². The number of nitrogen functional groups attached to an aromatic ring is 1. The van der Waals surface area contributed by atoms with E-state index in [2.05, 4.69) is 11.8 Å². The van der Waals surface area contributed by atoms with Gasteiger partial charge in [-0.15, -0.1) is 0 Å². The van der Waals surface area contributed by atoms with Gasteiger partial charge in [-0.3, -0.25) is 9.36 Å². The number of aromatic nitrogens is 2. The molecule has 1 aromatic heterocycles. The number of fused-ring (bicyclic) bond motifs is 1. The third-order valence-corrected chi connectivity index (χ3v) is 6.40. The molecule has 30 heavy (non-hydrogen) atoms. The number of nitrogens with zero attached hydrogens (tertiary/aromatic N) is 3. The zero-order valence-corrected chi connectivity index (χ0v) is 17.8. The van der Waals surface area contributed by atoms with Crippen molar-refractivity contribution >= 4 is 16.6 Å². The fourth-order valence-electron chi connectivity index (χ4n) is 4.65. The third kappa shape index (κ3) is 3.35. The molecule has 1 aliphatic carbocycles. The quantitative estimate of drug-likeness (QED) is 0.635. The van der Waals surface area contributed by atoms with Gasteiger partial charge in [-0.1, -0.05) is 6.92 Å². The van der Waals surface area contributed by atoms with E-state index in [1.54, 1.807) is 17.7 Å². The molecule has 9 heteroatoms. The molecule has 0 amide bonds. The first kappa shape index (κ1) is 20.7. The molecule has 2 fully saturated rings. The monoisotopic (exact) mass is 417 g/mol. The molecule has 0 radical (unpaired) electrons. The minimum atomic E-state index is -0.511. The van der Waals surface area contributed by atoms with Crippen molar-refractivity contribution in [1.29, 1.82) is 0 Å². The molecule has 4 rings (SSSR count). The Morgan fingerprint density at radius 1 is 1.23 bits per heavy atom. The average molecular weight is 418 g/mol. The molecule has 0 spiro atoms. The molecule has 1 aliphatic heterocycles. The van der Waals surface area contributed by atoms with Gasteiger partial charge in [0.1, 0.15) is 5.52 Å². The lowest BCUT2D eigenvalue weighted by Crippen LogP contribution is -2.44. The number of nitrogens with two attached hydrogens (primary N) is 2. The maximum Gasteiger partial charge on any atom is 0.350 e. The molecule has 2 aliphatic rings. The Morgan fingerprint density at radius 3 is 2.60 bits per heavy atom. The molecule has 9 nitrogen and oxygen atoms in total. The number of methoxy groups -OCH3 is 1. The van der Waals surface area contributed by atoms with Crippen LogP contribution in [-0.2, 0) is 4.74 Å². The van der Waals surface area contributed by atoms with E-state index in [0.717, 1.165) is 31.6 Å². The Balaban J connectivity index is 1.80. The van der Waals surface area contributed by atoms with E-state index >= 15 is 0 Å². The van der Waals surface area contributed by atoms with Gasteiger partial charge in [-0.2, -0.15) is 4.68 Å². The second-order valence-electron chi connectivity index (χ2n) is 8.44. The van der Waals surface area contributed by atoms with Gasteiger partial charge in [-0.05, 0) is 43.7 Å². The van der Waals surface area contributed by atoms with Gasteiger partial charge in [-0.25, -0.2) is 4.79 Å². The van der Waals surface area contributed by atoms with Crippen LogP contribution in [0.2, 0.25) is 0 Å². The Hall–Kier alpha value is -2.52. The van der Waals surface area contributed by atoms with Gasteiger partial charge in [0.25, 0.3) is 5.56 Å². The van der Waals surface area contributed by atoms with Gasteiger partial charge in [0.2, 0.25) is 0 Å². The molecule has 2 heterocycles. The average Bonchev–Trinajstić information content (AvgIpc) is 3.50. The second kappa shape index (κ2) is 7.96. The van der Waals surface area contributed by atoms with Crippen LogP contribution in [0.1, 0.15) is 32.7 Å². The van der Waals surface area contributed by atoms with Gasteiger partial charge in [0, 0.05) is 31.8 Å². The van der Waals surface area contributed by atoms with Crippen molar-refractivity contribution < 1.29 is 9.47 Å². The van der Waals surface area contributed by atoms with E-state index in [-0.39, 0.29) is 18.0 Å². The minimum absolute atomic E-state index is 0.0458. The van der Waals surface area contributed by atoms with Crippen LogP contribution in [0.5, 0.6) is 5.75 Å². The SMILES string of the molecule is CCOC[C@@H](N)[C@H]1CN(c2ccc3c(=O)n(N)c(=O)n(C4CC4)c3c2OC)C[C@@H]1C. The van der Waals surface area contributed by atoms with Crippen LogP contribution in [0.3, 0.4) is 0 Å². The van der Waals surface area contributed by atoms with Crippen LogP contribution in [0, 0.1) is 11.8 Å². The maximum atomic E-state index is 12.8. The molecule has 1 aromatic carbocycles. The molecule has 1 saturated carbocycles. The smallest absolute Gasteiger partial charge is 0.350 e. The lowest BCUT2D eigenvalue weighted by atomic mass is 9.91. The summed E-state index contributed by atoms with van der Waals surface area (Å²) in [5, 5.41) is 0.390. The summed E-state index contributed by atoms with van der Waals surface area (Å²) in [5.41, 5.74) is 6.78. The summed E-state index contributed by atoms with van der Waals surface area (Å²) in [6.45, 7) is 6.91. The Bertz CT molecular complexity index is 1060. The Morgan fingerprint density at radius 2 is 1.97 bits per heavy atom. The van der Waals surface area contributed by atoms with Crippen LogP contribution in [-0.4, -0.2) is 48.7 Å². The number of benzene rings is 1. The zero-order chi connectivity index (χ0) is 21.6. The molecule has 164 valence electrons. The summed E-state index contributed by atoms with van der Waals surface area (Å²) in [7, 11) is 1.58. The highest BCUT2D eigenvalue weighted by Crippen LogP contribution is 2.42. The molecular formula is C21H31N5O4. The van der Waals surface area contributed by atoms with E-state index in [1.165, 1.54) is 0 Å². The second-order valence-corrected chi connectivity index (χ2v) is 8.44. The van der Waals surface area contributed by atoms with Gasteiger partial charge in [0.15, 0.2) is 5.75 Å². The summed E-state index contributed by atoms with van der Waals surface area (Å²) >= 11 is 0. The van der Waals surface area contributed by atoms with E-state index in [1.807, 2.05) is 13.0 Å². The molecule has 1 saturated heterocycles. The van der Waals surface area contributed by atoms with Crippen molar-refractivity contribution in [2.75, 3.05) is 44.2 Å². The molecule has 0 bridgehead atoms. The first-order valence-corrected chi connectivity index (χ1v) is 10.6. The number of hydrogen-bond donors (Lipinski definition) is 2. The highest BCUT2D eigenvalue weighted by Gasteiger charge is 2.36. The Kier molecular flexibility index (Phi) is 5.50. The molecule has 4 N–H and O–H groups in total. The molecule has 3 atom stereocenters. The predicted molar refractivity (Wildman–Crippen MR) is 117 cm³/mol. The van der Waals surface area contributed by atoms with Crippen LogP contribution in [0.25, 0.3) is 10.9 Å². The lowest BCUT2D eigenvalue weighted by Gasteiger charge is -2.25. The van der Waals surface area contributed by atoms with E-state index < -0.39 is 11.2 Å². The van der Waals surface area contributed by atoms with Gasteiger partial charge >= 0.3 is 5.69 Å². The van der Waals surface area contributed by atoms with Crippen molar-refractivity contribution in [3.63, 3.8) is 0 Å². The standard InChI is InChI=1S/C21H31N5O4/c1-4-30-11-16(22)15-10-24(9-12(15)2)17-8-7-14-18(19(17)29-3)25(13-5-6-13)21(28)26(23)20(14)27/h7-8,12-13,15-16H,4-6,9-11,22-23H2,1-3H3/t12-,15-,16+/m0/s1. The summed E-state index contributed by atoms with van der Waals surface area (Å²) in [6.07, 6.45) is 1.77. The fraction of sp³-hybridized carbons (Fsp3) is 0.619. The molecule has 0 unspecified atom stereocenters. The topological polar surface area (TPSA) is 118 Å². The summed E-state index contributed by atoms with van der Waals surface area (Å²) in [5.74, 6) is 6.97.